The number of hydrogen-bond acceptors (Lipinski definition) is 7. The van der Waals surface area contributed by atoms with E-state index in [1.165, 1.54) is 13.0 Å². The summed E-state index contributed by atoms with van der Waals surface area (Å²) in [7, 11) is -1.67. The lowest BCUT2D eigenvalue weighted by atomic mass is 10.1. The zero-order valence-corrected chi connectivity index (χ0v) is 15.3. The third kappa shape index (κ3) is 5.54. The van der Waals surface area contributed by atoms with E-state index in [0.29, 0.717) is 23.5 Å². The monoisotopic (exact) mass is 367 g/mol. The van der Waals surface area contributed by atoms with E-state index in [1.807, 2.05) is 14.0 Å². The van der Waals surface area contributed by atoms with Crippen molar-refractivity contribution in [2.45, 2.75) is 26.3 Å². The van der Waals surface area contributed by atoms with Crippen molar-refractivity contribution >= 4 is 27.3 Å². The fourth-order valence-electron chi connectivity index (χ4n) is 2.11. The number of carbonyl (C=O) groups is 1. The molecule has 25 heavy (non-hydrogen) atoms. The molecule has 0 bridgehead atoms. The van der Waals surface area contributed by atoms with Crippen molar-refractivity contribution < 1.29 is 17.7 Å². The van der Waals surface area contributed by atoms with Gasteiger partial charge >= 0.3 is 0 Å². The number of sulfonamides is 1. The highest BCUT2D eigenvalue weighted by Crippen LogP contribution is 2.30. The first-order valence-corrected chi connectivity index (χ1v) is 9.46. The van der Waals surface area contributed by atoms with Crippen LogP contribution in [0.25, 0.3) is 11.5 Å². The highest BCUT2D eigenvalue weighted by atomic mass is 32.2. The van der Waals surface area contributed by atoms with Gasteiger partial charge in [-0.25, -0.2) is 8.42 Å². The number of carbonyl (C=O) groups excluding carboxylic acids is 1. The summed E-state index contributed by atoms with van der Waals surface area (Å²) in [5, 5.41) is 9.63. The number of aromatic nitrogens is 2. The van der Waals surface area contributed by atoms with Gasteiger partial charge in [-0.15, -0.1) is 0 Å². The summed E-state index contributed by atoms with van der Waals surface area (Å²) in [6, 6.07) is 4.85. The first kappa shape index (κ1) is 18.9. The molecule has 1 atom stereocenters. The van der Waals surface area contributed by atoms with Gasteiger partial charge in [0.25, 0.3) is 5.89 Å². The maximum atomic E-state index is 11.6. The second kappa shape index (κ2) is 7.62. The lowest BCUT2D eigenvalue weighted by Gasteiger charge is -2.10. The van der Waals surface area contributed by atoms with Gasteiger partial charge < -0.3 is 15.2 Å². The summed E-state index contributed by atoms with van der Waals surface area (Å²) in [5.41, 5.74) is 1.16. The Morgan fingerprint density at radius 2 is 2.08 bits per heavy atom. The number of rotatable bonds is 7. The predicted octanol–water partition coefficient (Wildman–Crippen LogP) is 1.22. The Kier molecular flexibility index (Phi) is 5.75. The van der Waals surface area contributed by atoms with Crippen molar-refractivity contribution in [1.82, 2.24) is 15.5 Å². The molecule has 2 aromatic rings. The van der Waals surface area contributed by atoms with Crippen LogP contribution in [0, 0.1) is 0 Å². The topological polar surface area (TPSA) is 126 Å². The number of anilines is 2. The summed E-state index contributed by atoms with van der Waals surface area (Å²) in [6.07, 6.45) is 1.60. The number of amides is 1. The first-order chi connectivity index (χ1) is 11.7. The summed E-state index contributed by atoms with van der Waals surface area (Å²) in [4.78, 5) is 15.6. The van der Waals surface area contributed by atoms with Gasteiger partial charge in [-0.05, 0) is 32.2 Å². The van der Waals surface area contributed by atoms with Crippen molar-refractivity contribution in [3.05, 3.63) is 24.0 Å². The van der Waals surface area contributed by atoms with Crippen LogP contribution < -0.4 is 15.4 Å². The minimum absolute atomic E-state index is 0.157. The van der Waals surface area contributed by atoms with Gasteiger partial charge in [0.05, 0.1) is 17.5 Å². The van der Waals surface area contributed by atoms with E-state index in [2.05, 4.69) is 25.5 Å². The van der Waals surface area contributed by atoms with Crippen LogP contribution in [-0.2, 0) is 21.2 Å². The fraction of sp³-hybridized carbons (Fsp3) is 0.400. The zero-order chi connectivity index (χ0) is 18.6. The molecule has 0 saturated heterocycles. The first-order valence-electron chi connectivity index (χ1n) is 7.57. The maximum absolute atomic E-state index is 11.6. The van der Waals surface area contributed by atoms with Gasteiger partial charge in [-0.3, -0.25) is 9.52 Å². The molecule has 0 fully saturated rings. The van der Waals surface area contributed by atoms with Crippen molar-refractivity contribution in [1.29, 1.82) is 0 Å². The predicted molar refractivity (Wildman–Crippen MR) is 94.7 cm³/mol. The van der Waals surface area contributed by atoms with E-state index in [-0.39, 0.29) is 23.5 Å². The van der Waals surface area contributed by atoms with Crippen molar-refractivity contribution in [3.63, 3.8) is 0 Å². The molecule has 10 heteroatoms. The molecule has 2 rings (SSSR count). The summed E-state index contributed by atoms with van der Waals surface area (Å²) < 4.78 is 30.8. The van der Waals surface area contributed by atoms with Crippen LogP contribution >= 0.6 is 0 Å². The van der Waals surface area contributed by atoms with Crippen LogP contribution in [0.4, 0.5) is 11.4 Å². The van der Waals surface area contributed by atoms with E-state index in [1.54, 1.807) is 12.1 Å². The molecule has 1 aromatic carbocycles. The van der Waals surface area contributed by atoms with Gasteiger partial charge in [0, 0.05) is 25.1 Å². The Morgan fingerprint density at radius 3 is 2.68 bits per heavy atom. The quantitative estimate of drug-likeness (QED) is 0.671. The molecule has 1 aromatic heterocycles. The molecular weight excluding hydrogens is 346 g/mol. The molecular formula is C15H21N5O4S. The Morgan fingerprint density at radius 1 is 1.36 bits per heavy atom. The van der Waals surface area contributed by atoms with E-state index in [0.717, 1.165) is 6.26 Å². The second-order valence-corrected chi connectivity index (χ2v) is 7.47. The highest BCUT2D eigenvalue weighted by molar-refractivity contribution is 7.92. The van der Waals surface area contributed by atoms with Gasteiger partial charge in [-0.1, -0.05) is 5.16 Å². The lowest BCUT2D eigenvalue weighted by Crippen LogP contribution is -2.24. The highest BCUT2D eigenvalue weighted by Gasteiger charge is 2.17. The molecule has 1 heterocycles. The molecule has 0 spiro atoms. The molecule has 136 valence electrons. The average Bonchev–Trinajstić information content (AvgIpc) is 2.95. The SMILES string of the molecule is CNC(C)Cc1noc(-c2cc(NC(C)=O)ccc2NS(C)(=O)=O)n1. The van der Waals surface area contributed by atoms with Crippen LogP contribution in [0.15, 0.2) is 22.7 Å². The average molecular weight is 367 g/mol. The standard InChI is InChI=1S/C15H21N5O4S/c1-9(16-3)7-14-18-15(24-19-14)12-8-11(17-10(2)21)5-6-13(12)20-25(4,22)23/h5-6,8-9,16,20H,7H2,1-4H3,(H,17,21). The largest absolute Gasteiger partial charge is 0.334 e. The van der Waals surface area contributed by atoms with E-state index < -0.39 is 10.0 Å². The van der Waals surface area contributed by atoms with Crippen LogP contribution in [0.1, 0.15) is 19.7 Å². The summed E-state index contributed by atoms with van der Waals surface area (Å²) >= 11 is 0. The smallest absolute Gasteiger partial charge is 0.260 e. The van der Waals surface area contributed by atoms with Crippen LogP contribution in [0.3, 0.4) is 0 Å². The fourth-order valence-corrected chi connectivity index (χ4v) is 2.69. The van der Waals surface area contributed by atoms with Gasteiger partial charge in [-0.2, -0.15) is 4.98 Å². The van der Waals surface area contributed by atoms with Crippen LogP contribution in [0.2, 0.25) is 0 Å². The number of likely N-dealkylation sites (N-methyl/N-ethyl adjacent to an activating group) is 1. The molecule has 0 radical (unpaired) electrons. The molecule has 0 aliphatic carbocycles. The van der Waals surface area contributed by atoms with Crippen molar-refractivity contribution in [2.24, 2.45) is 0 Å². The number of nitrogens with zero attached hydrogens (tertiary/aromatic N) is 2. The van der Waals surface area contributed by atoms with Crippen LogP contribution in [0.5, 0.6) is 0 Å². The summed E-state index contributed by atoms with van der Waals surface area (Å²) in [6.45, 7) is 3.36. The molecule has 3 N–H and O–H groups in total. The van der Waals surface area contributed by atoms with Gasteiger partial charge in [0.2, 0.25) is 15.9 Å². The Labute approximate surface area is 146 Å². The van der Waals surface area contributed by atoms with Crippen molar-refractivity contribution in [2.75, 3.05) is 23.3 Å². The molecule has 0 aliphatic rings. The molecule has 9 nitrogen and oxygen atoms in total. The summed E-state index contributed by atoms with van der Waals surface area (Å²) in [5.74, 6) is 0.410. The van der Waals surface area contributed by atoms with Gasteiger partial charge in [0.1, 0.15) is 0 Å². The minimum atomic E-state index is -3.50. The minimum Gasteiger partial charge on any atom is -0.334 e. The Hall–Kier alpha value is -2.46. The number of hydrogen-bond donors (Lipinski definition) is 3. The molecule has 0 saturated carbocycles. The maximum Gasteiger partial charge on any atom is 0.260 e. The third-order valence-electron chi connectivity index (χ3n) is 3.32. The van der Waals surface area contributed by atoms with Crippen LogP contribution in [-0.4, -0.2) is 43.8 Å². The normalized spacial score (nSPS) is 12.6. The number of benzene rings is 1. The van der Waals surface area contributed by atoms with E-state index in [4.69, 9.17) is 4.52 Å². The number of nitrogens with one attached hydrogen (secondary N) is 3. The zero-order valence-electron chi connectivity index (χ0n) is 14.5. The van der Waals surface area contributed by atoms with Gasteiger partial charge in [0.15, 0.2) is 5.82 Å². The third-order valence-corrected chi connectivity index (χ3v) is 3.91. The lowest BCUT2D eigenvalue weighted by molar-refractivity contribution is -0.114. The molecule has 1 amide bonds. The van der Waals surface area contributed by atoms with E-state index >= 15 is 0 Å². The second-order valence-electron chi connectivity index (χ2n) is 5.73. The molecule has 0 aliphatic heterocycles. The van der Waals surface area contributed by atoms with Crippen molar-refractivity contribution in [3.8, 4) is 11.5 Å². The van der Waals surface area contributed by atoms with E-state index in [9.17, 15) is 13.2 Å². The Balaban J connectivity index is 2.43. The molecule has 1 unspecified atom stereocenters. The Bertz CT molecular complexity index is 863.